The monoisotopic (exact) mass is 392 g/mol. The number of nitrogens with zero attached hydrogens (tertiary/aromatic N) is 2. The molecule has 1 heterocycles. The second-order valence-corrected chi connectivity index (χ2v) is 7.86. The summed E-state index contributed by atoms with van der Waals surface area (Å²) in [6, 6.07) is 13.6. The largest absolute Gasteiger partial charge is 0.341 e. The van der Waals surface area contributed by atoms with Crippen molar-refractivity contribution in [1.82, 2.24) is 9.88 Å². The average Bonchev–Trinajstić information content (AvgIpc) is 3.00. The zero-order chi connectivity index (χ0) is 17.8. The Labute approximate surface area is 161 Å². The van der Waals surface area contributed by atoms with Gasteiger partial charge in [0.15, 0.2) is 0 Å². The van der Waals surface area contributed by atoms with Crippen LogP contribution in [0.3, 0.4) is 0 Å². The van der Waals surface area contributed by atoms with Gasteiger partial charge in [-0.25, -0.2) is 4.98 Å². The Balaban J connectivity index is 1.50. The third-order valence-corrected chi connectivity index (χ3v) is 5.78. The molecule has 0 saturated carbocycles. The van der Waals surface area contributed by atoms with Gasteiger partial charge in [0.25, 0.3) is 0 Å². The van der Waals surface area contributed by atoms with Gasteiger partial charge in [-0.15, -0.1) is 11.3 Å². The number of para-hydroxylation sites is 1. The normalized spacial score (nSPS) is 11.0. The zero-order valence-corrected chi connectivity index (χ0v) is 16.2. The van der Waals surface area contributed by atoms with E-state index in [0.717, 1.165) is 28.9 Å². The van der Waals surface area contributed by atoms with E-state index >= 15 is 0 Å². The van der Waals surface area contributed by atoms with Gasteiger partial charge in [0.1, 0.15) is 0 Å². The Bertz CT molecular complexity index is 861. The van der Waals surface area contributed by atoms with Gasteiger partial charge in [-0.2, -0.15) is 0 Å². The predicted octanol–water partition coefficient (Wildman–Crippen LogP) is 5.58. The molecule has 0 unspecified atom stereocenters. The van der Waals surface area contributed by atoms with Crippen LogP contribution in [0.2, 0.25) is 10.0 Å². The summed E-state index contributed by atoms with van der Waals surface area (Å²) < 4.78 is 1.19. The van der Waals surface area contributed by atoms with E-state index in [1.165, 1.54) is 4.70 Å². The Hall–Kier alpha value is -1.62. The average molecular weight is 393 g/mol. The van der Waals surface area contributed by atoms with Crippen molar-refractivity contribution in [3.05, 3.63) is 63.1 Å². The number of benzene rings is 2. The van der Waals surface area contributed by atoms with Crippen molar-refractivity contribution in [3.8, 4) is 0 Å². The highest BCUT2D eigenvalue weighted by molar-refractivity contribution is 7.18. The fraction of sp³-hybridized carbons (Fsp3) is 0.263. The van der Waals surface area contributed by atoms with Gasteiger partial charge in [0, 0.05) is 20.0 Å². The summed E-state index contributed by atoms with van der Waals surface area (Å²) in [6.45, 7) is 0.525. The van der Waals surface area contributed by atoms with Gasteiger partial charge in [-0.1, -0.05) is 41.4 Å². The van der Waals surface area contributed by atoms with E-state index in [0.29, 0.717) is 23.0 Å². The van der Waals surface area contributed by atoms with Crippen LogP contribution in [0.15, 0.2) is 42.5 Å². The number of hydrogen-bond donors (Lipinski definition) is 0. The first-order valence-electron chi connectivity index (χ1n) is 8.05. The Kier molecular flexibility index (Phi) is 5.94. The molecule has 0 bridgehead atoms. The van der Waals surface area contributed by atoms with Gasteiger partial charge < -0.3 is 4.90 Å². The van der Waals surface area contributed by atoms with Crippen LogP contribution in [0.4, 0.5) is 0 Å². The summed E-state index contributed by atoms with van der Waals surface area (Å²) in [7, 11) is 1.81. The summed E-state index contributed by atoms with van der Waals surface area (Å²) in [5, 5.41) is 2.12. The van der Waals surface area contributed by atoms with E-state index in [4.69, 9.17) is 23.2 Å². The molecular formula is C19H18Cl2N2OS. The van der Waals surface area contributed by atoms with Crippen LogP contribution in [0.5, 0.6) is 0 Å². The van der Waals surface area contributed by atoms with Crippen molar-refractivity contribution in [2.75, 3.05) is 7.05 Å². The first kappa shape index (κ1) is 18.2. The molecule has 0 N–H and O–H groups in total. The number of amides is 1. The van der Waals surface area contributed by atoms with Gasteiger partial charge >= 0.3 is 0 Å². The minimum absolute atomic E-state index is 0.118. The summed E-state index contributed by atoms with van der Waals surface area (Å²) in [6.07, 6.45) is 2.13. The highest BCUT2D eigenvalue weighted by atomic mass is 35.5. The zero-order valence-electron chi connectivity index (χ0n) is 13.8. The van der Waals surface area contributed by atoms with Gasteiger partial charge in [0.2, 0.25) is 5.91 Å². The molecule has 3 aromatic rings. The van der Waals surface area contributed by atoms with Crippen LogP contribution in [-0.4, -0.2) is 22.8 Å². The summed E-state index contributed by atoms with van der Waals surface area (Å²) in [5.41, 5.74) is 2.00. The second kappa shape index (κ2) is 8.17. The van der Waals surface area contributed by atoms with Crippen molar-refractivity contribution in [2.24, 2.45) is 0 Å². The molecule has 3 rings (SSSR count). The molecule has 130 valence electrons. The van der Waals surface area contributed by atoms with E-state index in [-0.39, 0.29) is 5.91 Å². The van der Waals surface area contributed by atoms with Gasteiger partial charge in [-0.05, 0) is 42.7 Å². The number of carbonyl (C=O) groups is 1. The molecule has 0 aliphatic rings. The second-order valence-electron chi connectivity index (χ2n) is 5.93. The third kappa shape index (κ3) is 4.72. The molecule has 0 saturated heterocycles. The summed E-state index contributed by atoms with van der Waals surface area (Å²) in [4.78, 5) is 18.6. The smallest absolute Gasteiger partial charge is 0.222 e. The number of fused-ring (bicyclic) bond motifs is 1. The maximum Gasteiger partial charge on any atom is 0.222 e. The Morgan fingerprint density at radius 2 is 1.96 bits per heavy atom. The first-order chi connectivity index (χ1) is 12.0. The molecule has 0 spiro atoms. The molecule has 0 atom stereocenters. The van der Waals surface area contributed by atoms with E-state index in [1.807, 2.05) is 31.3 Å². The lowest BCUT2D eigenvalue weighted by Gasteiger charge is -2.17. The van der Waals surface area contributed by atoms with E-state index in [1.54, 1.807) is 28.4 Å². The highest BCUT2D eigenvalue weighted by Crippen LogP contribution is 2.24. The van der Waals surface area contributed by atoms with Crippen LogP contribution >= 0.6 is 34.5 Å². The van der Waals surface area contributed by atoms with E-state index in [2.05, 4.69) is 11.1 Å². The Morgan fingerprint density at radius 1 is 1.16 bits per heavy atom. The Morgan fingerprint density at radius 3 is 2.72 bits per heavy atom. The first-order valence-corrected chi connectivity index (χ1v) is 9.62. The number of aryl methyl sites for hydroxylation is 1. The predicted molar refractivity (Wildman–Crippen MR) is 105 cm³/mol. The SMILES string of the molecule is CN(Cc1ccc(Cl)c(Cl)c1)C(=O)CCCc1nc2ccccc2s1. The molecule has 1 amide bonds. The van der Waals surface area contributed by atoms with Gasteiger partial charge in [0.05, 0.1) is 25.3 Å². The minimum atomic E-state index is 0.118. The molecule has 2 aromatic carbocycles. The van der Waals surface area contributed by atoms with Crippen LogP contribution in [-0.2, 0) is 17.8 Å². The van der Waals surface area contributed by atoms with Crippen molar-refractivity contribution in [2.45, 2.75) is 25.8 Å². The quantitative estimate of drug-likeness (QED) is 0.547. The number of rotatable bonds is 6. The fourth-order valence-corrected chi connectivity index (χ4v) is 3.94. The molecule has 6 heteroatoms. The number of hydrogen-bond acceptors (Lipinski definition) is 3. The molecule has 3 nitrogen and oxygen atoms in total. The van der Waals surface area contributed by atoms with Crippen LogP contribution in [0, 0.1) is 0 Å². The van der Waals surface area contributed by atoms with E-state index in [9.17, 15) is 4.79 Å². The summed E-state index contributed by atoms with van der Waals surface area (Å²) >= 11 is 13.6. The van der Waals surface area contributed by atoms with Crippen LogP contribution in [0.25, 0.3) is 10.2 Å². The van der Waals surface area contributed by atoms with Crippen LogP contribution in [0.1, 0.15) is 23.4 Å². The van der Waals surface area contributed by atoms with Crippen LogP contribution < -0.4 is 0 Å². The molecule has 0 aliphatic heterocycles. The maximum atomic E-state index is 12.3. The van der Waals surface area contributed by atoms with Gasteiger partial charge in [-0.3, -0.25) is 4.79 Å². The lowest BCUT2D eigenvalue weighted by molar-refractivity contribution is -0.130. The fourth-order valence-electron chi connectivity index (χ4n) is 2.61. The van der Waals surface area contributed by atoms with Crippen molar-refractivity contribution < 1.29 is 4.79 Å². The number of thiazole rings is 1. The summed E-state index contributed by atoms with van der Waals surface area (Å²) in [5.74, 6) is 0.118. The number of aromatic nitrogens is 1. The van der Waals surface area contributed by atoms with E-state index < -0.39 is 0 Å². The van der Waals surface area contributed by atoms with Crippen molar-refractivity contribution in [1.29, 1.82) is 0 Å². The number of carbonyl (C=O) groups excluding carboxylic acids is 1. The lowest BCUT2D eigenvalue weighted by Crippen LogP contribution is -2.26. The molecule has 1 aromatic heterocycles. The molecule has 25 heavy (non-hydrogen) atoms. The number of halogens is 2. The standard InChI is InChI=1S/C19H18Cl2N2OS/c1-23(12-13-9-10-14(20)15(21)11-13)19(24)8-4-7-18-22-16-5-2-3-6-17(16)25-18/h2-3,5-6,9-11H,4,7-8,12H2,1H3. The molecular weight excluding hydrogens is 375 g/mol. The van der Waals surface area contributed by atoms with Crippen molar-refractivity contribution >= 4 is 50.7 Å². The lowest BCUT2D eigenvalue weighted by atomic mass is 10.2. The minimum Gasteiger partial charge on any atom is -0.341 e. The highest BCUT2D eigenvalue weighted by Gasteiger charge is 2.11. The topological polar surface area (TPSA) is 33.2 Å². The molecule has 0 radical (unpaired) electrons. The molecule has 0 aliphatic carbocycles. The maximum absolute atomic E-state index is 12.3. The third-order valence-electron chi connectivity index (χ3n) is 3.95. The van der Waals surface area contributed by atoms with Crippen molar-refractivity contribution in [3.63, 3.8) is 0 Å². The molecule has 0 fully saturated rings.